The molecule has 0 unspecified atom stereocenters. The van der Waals surface area contributed by atoms with E-state index in [1.54, 1.807) is 0 Å². The van der Waals surface area contributed by atoms with E-state index in [4.69, 9.17) is 11.5 Å². The van der Waals surface area contributed by atoms with Gasteiger partial charge in [-0.2, -0.15) is 14.4 Å². The van der Waals surface area contributed by atoms with Crippen molar-refractivity contribution in [3.63, 3.8) is 0 Å². The quantitative estimate of drug-likeness (QED) is 0.622. The Morgan fingerprint density at radius 3 is 1.76 bits per heavy atom. The third-order valence-corrected chi connectivity index (χ3v) is 2.03. The van der Waals surface area contributed by atoms with Crippen molar-refractivity contribution >= 4 is 11.6 Å². The molecule has 2 heterocycles. The number of nitrogens with zero attached hydrogens (tertiary/aromatic N) is 2. The molecule has 0 saturated heterocycles. The molecule has 2 rings (SSSR count). The van der Waals surface area contributed by atoms with Crippen molar-refractivity contribution in [3.8, 4) is 5.88 Å². The van der Waals surface area contributed by atoms with Crippen LogP contribution in [0.3, 0.4) is 0 Å². The number of nitrogen functional groups attached to an aromatic ring is 2. The number of hydrogen-bond donors (Lipinski definition) is 2. The number of nitrogens with two attached hydrogens (primary N) is 2. The predicted molar refractivity (Wildman–Crippen MR) is 63.6 cm³/mol. The Morgan fingerprint density at radius 2 is 1.29 bits per heavy atom. The summed E-state index contributed by atoms with van der Waals surface area (Å²) in [6.45, 7) is 0. The van der Waals surface area contributed by atoms with Gasteiger partial charge >= 0.3 is 0 Å². The maximum Gasteiger partial charge on any atom is 0.252 e. The highest BCUT2D eigenvalue weighted by Crippen LogP contribution is 2.17. The number of hydrogen-bond acceptors (Lipinski definition) is 5. The first kappa shape index (κ1) is 16.4. The van der Waals surface area contributed by atoms with Crippen LogP contribution in [0.4, 0.5) is 33.6 Å². The van der Waals surface area contributed by atoms with Crippen LogP contribution >= 0.6 is 0 Å². The minimum atomic E-state index is -1.39. The summed E-state index contributed by atoms with van der Waals surface area (Å²) in [5, 5.41) is 0. The second-order valence-corrected chi connectivity index (χ2v) is 3.47. The van der Waals surface area contributed by atoms with Gasteiger partial charge in [-0.1, -0.05) is 0 Å². The maximum atomic E-state index is 12.5. The van der Waals surface area contributed by atoms with Crippen molar-refractivity contribution in [3.05, 3.63) is 41.3 Å². The van der Waals surface area contributed by atoms with E-state index in [1.165, 1.54) is 7.11 Å². The molecule has 21 heavy (non-hydrogen) atoms. The van der Waals surface area contributed by atoms with E-state index in [1.807, 2.05) is 0 Å². The lowest BCUT2D eigenvalue weighted by Crippen LogP contribution is -2.00. The molecule has 0 aliphatic heterocycles. The third kappa shape index (κ3) is 4.16. The number of pyridine rings is 2. The van der Waals surface area contributed by atoms with E-state index in [0.29, 0.717) is 12.1 Å². The third-order valence-electron chi connectivity index (χ3n) is 2.03. The fourth-order valence-electron chi connectivity index (χ4n) is 1.06. The van der Waals surface area contributed by atoms with E-state index in [9.17, 15) is 22.0 Å². The molecule has 0 aliphatic rings. The van der Waals surface area contributed by atoms with Crippen LogP contribution in [0.5, 0.6) is 5.88 Å². The zero-order valence-electron chi connectivity index (χ0n) is 10.5. The molecule has 2 aromatic rings. The van der Waals surface area contributed by atoms with Crippen LogP contribution in [-0.2, 0) is 0 Å². The second kappa shape index (κ2) is 6.68. The molecule has 0 aromatic carbocycles. The van der Waals surface area contributed by atoms with Gasteiger partial charge in [-0.25, -0.2) is 17.6 Å². The summed E-state index contributed by atoms with van der Waals surface area (Å²) in [7, 11) is 1.22. The van der Waals surface area contributed by atoms with Crippen LogP contribution in [0.25, 0.3) is 0 Å². The first-order chi connectivity index (χ1) is 9.76. The standard InChI is InChI=1S/C6H6F2N2O.C5H3F3N2/c1-11-6-4(8)2-3(7)5(9)10-6;6-2-1-3(7)5(9)10-4(2)8/h2H,1H3,(H2,9,10);1H,(H2,9,10). The van der Waals surface area contributed by atoms with E-state index in [2.05, 4.69) is 14.7 Å². The SMILES string of the molecule is COc1nc(N)c(F)cc1F.Nc1nc(F)c(F)cc1F. The average Bonchev–Trinajstić information content (AvgIpc) is 2.41. The number of aromatic nitrogens is 2. The van der Waals surface area contributed by atoms with Crippen molar-refractivity contribution in [1.82, 2.24) is 9.97 Å². The summed E-state index contributed by atoms with van der Waals surface area (Å²) in [6.07, 6.45) is 0. The zero-order chi connectivity index (χ0) is 16.2. The molecule has 10 heteroatoms. The van der Waals surface area contributed by atoms with Gasteiger partial charge in [0.2, 0.25) is 0 Å². The van der Waals surface area contributed by atoms with Crippen molar-refractivity contribution in [2.75, 3.05) is 18.6 Å². The molecule has 0 radical (unpaired) electrons. The molecule has 0 fully saturated rings. The lowest BCUT2D eigenvalue weighted by Gasteiger charge is -2.01. The first-order valence-corrected chi connectivity index (χ1v) is 5.18. The molecule has 2 aromatic heterocycles. The Morgan fingerprint density at radius 1 is 0.810 bits per heavy atom. The summed E-state index contributed by atoms with van der Waals surface area (Å²) in [4.78, 5) is 6.03. The van der Waals surface area contributed by atoms with Crippen molar-refractivity contribution in [2.24, 2.45) is 0 Å². The summed E-state index contributed by atoms with van der Waals surface area (Å²) < 4.78 is 65.6. The van der Waals surface area contributed by atoms with Gasteiger partial charge in [-0.05, 0) is 0 Å². The van der Waals surface area contributed by atoms with Gasteiger partial charge in [0.15, 0.2) is 34.9 Å². The maximum absolute atomic E-state index is 12.5. The van der Waals surface area contributed by atoms with Crippen LogP contribution in [-0.4, -0.2) is 17.1 Å². The van der Waals surface area contributed by atoms with E-state index in [0.717, 1.165) is 0 Å². The minimum absolute atomic E-state index is 0.302. The summed E-state index contributed by atoms with van der Waals surface area (Å²) in [6, 6.07) is 0.971. The fraction of sp³-hybridized carbons (Fsp3) is 0.0909. The molecule has 5 nitrogen and oxygen atoms in total. The van der Waals surface area contributed by atoms with Crippen LogP contribution in [0.2, 0.25) is 0 Å². The number of methoxy groups -OCH3 is 1. The van der Waals surface area contributed by atoms with Gasteiger partial charge in [-0.15, -0.1) is 0 Å². The number of halogens is 5. The minimum Gasteiger partial charge on any atom is -0.479 e. The summed E-state index contributed by atoms with van der Waals surface area (Å²) in [5.74, 6) is -6.85. The molecule has 0 aliphatic carbocycles. The summed E-state index contributed by atoms with van der Waals surface area (Å²) >= 11 is 0. The lowest BCUT2D eigenvalue weighted by molar-refractivity contribution is 0.367. The van der Waals surface area contributed by atoms with Crippen molar-refractivity contribution in [1.29, 1.82) is 0 Å². The van der Waals surface area contributed by atoms with Crippen LogP contribution in [0, 0.1) is 29.2 Å². The summed E-state index contributed by atoms with van der Waals surface area (Å²) in [5.41, 5.74) is 9.83. The van der Waals surface area contributed by atoms with Gasteiger partial charge in [-0.3, -0.25) is 0 Å². The van der Waals surface area contributed by atoms with Gasteiger partial charge in [0.05, 0.1) is 7.11 Å². The van der Waals surface area contributed by atoms with Crippen LogP contribution in [0.1, 0.15) is 0 Å². The topological polar surface area (TPSA) is 87.0 Å². The molecule has 4 N–H and O–H groups in total. The average molecular weight is 308 g/mol. The highest BCUT2D eigenvalue weighted by atomic mass is 19.2. The smallest absolute Gasteiger partial charge is 0.252 e. The van der Waals surface area contributed by atoms with Gasteiger partial charge in [0.25, 0.3) is 11.8 Å². The molecular weight excluding hydrogens is 299 g/mol. The Hall–Kier alpha value is -2.65. The van der Waals surface area contributed by atoms with E-state index in [-0.39, 0.29) is 11.7 Å². The molecule has 0 amide bonds. The second-order valence-electron chi connectivity index (χ2n) is 3.47. The van der Waals surface area contributed by atoms with Crippen LogP contribution in [0.15, 0.2) is 12.1 Å². The van der Waals surface area contributed by atoms with Gasteiger partial charge < -0.3 is 16.2 Å². The van der Waals surface area contributed by atoms with Gasteiger partial charge in [0.1, 0.15) is 0 Å². The Kier molecular flexibility index (Phi) is 5.22. The first-order valence-electron chi connectivity index (χ1n) is 5.18. The lowest BCUT2D eigenvalue weighted by atomic mass is 10.4. The highest BCUT2D eigenvalue weighted by Gasteiger charge is 2.09. The number of ether oxygens (including phenoxy) is 1. The largest absolute Gasteiger partial charge is 0.479 e. The van der Waals surface area contributed by atoms with E-state index < -0.39 is 35.0 Å². The molecular formula is C11H9F5N4O. The van der Waals surface area contributed by atoms with Crippen LogP contribution < -0.4 is 16.2 Å². The number of anilines is 2. The van der Waals surface area contributed by atoms with Crippen molar-refractivity contribution < 1.29 is 26.7 Å². The monoisotopic (exact) mass is 308 g/mol. The predicted octanol–water partition coefficient (Wildman–Crippen LogP) is 2.03. The Bertz CT molecular complexity index is 603. The van der Waals surface area contributed by atoms with Gasteiger partial charge in [0, 0.05) is 12.1 Å². The molecule has 0 atom stereocenters. The number of rotatable bonds is 1. The van der Waals surface area contributed by atoms with E-state index >= 15 is 0 Å². The Labute approximate surface area is 115 Å². The molecule has 0 saturated carbocycles. The molecule has 0 bridgehead atoms. The Balaban J connectivity index is 0.000000211. The zero-order valence-corrected chi connectivity index (χ0v) is 10.5. The normalized spacial score (nSPS) is 9.81. The molecule has 0 spiro atoms. The molecule has 114 valence electrons. The van der Waals surface area contributed by atoms with Crippen molar-refractivity contribution in [2.45, 2.75) is 0 Å². The highest BCUT2D eigenvalue weighted by molar-refractivity contribution is 5.34. The fourth-order valence-corrected chi connectivity index (χ4v) is 1.06.